The van der Waals surface area contributed by atoms with Gasteiger partial charge in [-0.25, -0.2) is 0 Å². The predicted octanol–water partition coefficient (Wildman–Crippen LogP) is 6.13. The van der Waals surface area contributed by atoms with Crippen molar-refractivity contribution >= 4 is 40.9 Å². The molecule has 156 valence electrons. The summed E-state index contributed by atoms with van der Waals surface area (Å²) in [5, 5.41) is 13.1. The van der Waals surface area contributed by atoms with E-state index in [2.05, 4.69) is 5.32 Å². The Bertz CT molecular complexity index is 1160. The highest BCUT2D eigenvalue weighted by molar-refractivity contribution is 6.42. The fourth-order valence-corrected chi connectivity index (χ4v) is 3.09. The van der Waals surface area contributed by atoms with Crippen molar-refractivity contribution in [3.63, 3.8) is 0 Å². The molecule has 0 aromatic heterocycles. The first-order valence-electron chi connectivity index (χ1n) is 9.23. The van der Waals surface area contributed by atoms with E-state index in [-0.39, 0.29) is 12.2 Å². The monoisotopic (exact) mass is 452 g/mol. The van der Waals surface area contributed by atoms with Crippen LogP contribution in [0.1, 0.15) is 11.1 Å². The minimum absolute atomic E-state index is 0.0727. The quantitative estimate of drug-likeness (QED) is 0.345. The number of hydrogen-bond donors (Lipinski definition) is 1. The van der Waals surface area contributed by atoms with Gasteiger partial charge in [0.25, 0.3) is 5.91 Å². The van der Waals surface area contributed by atoms with E-state index in [1.165, 1.54) is 13.2 Å². The van der Waals surface area contributed by atoms with Crippen LogP contribution in [0.2, 0.25) is 10.0 Å². The van der Waals surface area contributed by atoms with Gasteiger partial charge < -0.3 is 14.8 Å². The number of benzene rings is 3. The van der Waals surface area contributed by atoms with Crippen molar-refractivity contribution in [1.82, 2.24) is 0 Å². The van der Waals surface area contributed by atoms with Crippen molar-refractivity contribution < 1.29 is 14.3 Å². The van der Waals surface area contributed by atoms with Gasteiger partial charge in [-0.15, -0.1) is 0 Å². The highest BCUT2D eigenvalue weighted by Gasteiger charge is 2.14. The Morgan fingerprint density at radius 1 is 1.06 bits per heavy atom. The van der Waals surface area contributed by atoms with Gasteiger partial charge in [-0.2, -0.15) is 5.26 Å². The first kappa shape index (κ1) is 22.2. The van der Waals surface area contributed by atoms with Gasteiger partial charge in [0.15, 0.2) is 11.5 Å². The van der Waals surface area contributed by atoms with E-state index in [1.807, 2.05) is 12.1 Å². The summed E-state index contributed by atoms with van der Waals surface area (Å²) >= 11 is 12.0. The molecule has 3 aromatic carbocycles. The number of nitriles is 1. The van der Waals surface area contributed by atoms with Gasteiger partial charge in [0.2, 0.25) is 0 Å². The van der Waals surface area contributed by atoms with Crippen molar-refractivity contribution in [2.45, 2.75) is 6.61 Å². The van der Waals surface area contributed by atoms with E-state index in [9.17, 15) is 10.1 Å². The Hall–Kier alpha value is -3.46. The molecule has 0 aliphatic rings. The van der Waals surface area contributed by atoms with Crippen LogP contribution in [0.25, 0.3) is 6.08 Å². The first-order chi connectivity index (χ1) is 15.0. The van der Waals surface area contributed by atoms with Crippen molar-refractivity contribution in [3.05, 3.63) is 93.5 Å². The molecule has 0 heterocycles. The second kappa shape index (κ2) is 10.5. The molecule has 7 heteroatoms. The fourth-order valence-electron chi connectivity index (χ4n) is 2.77. The Morgan fingerprint density at radius 3 is 2.52 bits per heavy atom. The maximum Gasteiger partial charge on any atom is 0.266 e. The van der Waals surface area contributed by atoms with Crippen LogP contribution in [0.15, 0.2) is 72.3 Å². The zero-order valence-corrected chi connectivity index (χ0v) is 18.1. The van der Waals surface area contributed by atoms with Crippen LogP contribution in [0.5, 0.6) is 11.5 Å². The Labute approximate surface area is 190 Å². The van der Waals surface area contributed by atoms with Gasteiger partial charge in [-0.05, 0) is 42.0 Å². The molecule has 31 heavy (non-hydrogen) atoms. The van der Waals surface area contributed by atoms with Crippen molar-refractivity contribution in [3.8, 4) is 17.6 Å². The molecule has 3 aromatic rings. The lowest BCUT2D eigenvalue weighted by Crippen LogP contribution is -2.13. The number of amides is 1. The summed E-state index contributed by atoms with van der Waals surface area (Å²) in [5.74, 6) is 0.345. The van der Waals surface area contributed by atoms with Crippen LogP contribution >= 0.6 is 23.2 Å². The molecule has 1 amide bonds. The van der Waals surface area contributed by atoms with Crippen LogP contribution in [0, 0.1) is 11.3 Å². The average Bonchev–Trinajstić information content (AvgIpc) is 2.79. The van der Waals surface area contributed by atoms with Crippen molar-refractivity contribution in [2.75, 3.05) is 12.4 Å². The maximum absolute atomic E-state index is 12.6. The first-order valence-corrected chi connectivity index (χ1v) is 9.99. The molecule has 0 saturated carbocycles. The summed E-state index contributed by atoms with van der Waals surface area (Å²) in [6.45, 7) is 0.191. The number of carbonyl (C=O) groups excluding carboxylic acids is 1. The number of nitrogens with zero attached hydrogens (tertiary/aromatic N) is 1. The SMILES string of the molecule is COc1cccc(/C=C(\C#N)C(=O)Nc2ccccc2)c1OCc1ccc(Cl)c(Cl)c1. The number of carbonyl (C=O) groups is 1. The lowest BCUT2D eigenvalue weighted by atomic mass is 10.1. The summed E-state index contributed by atoms with van der Waals surface area (Å²) in [7, 11) is 1.52. The van der Waals surface area contributed by atoms with Crippen LogP contribution in [-0.2, 0) is 11.4 Å². The van der Waals surface area contributed by atoms with Gasteiger partial charge in [0, 0.05) is 11.3 Å². The number of rotatable bonds is 7. The number of para-hydroxylation sites is 2. The Balaban J connectivity index is 1.88. The summed E-state index contributed by atoms with van der Waals surface area (Å²) in [5.41, 5.74) is 1.85. The summed E-state index contributed by atoms with van der Waals surface area (Å²) in [6, 6.07) is 21.3. The van der Waals surface area contributed by atoms with Gasteiger partial charge >= 0.3 is 0 Å². The van der Waals surface area contributed by atoms with Crippen LogP contribution in [0.4, 0.5) is 5.69 Å². The zero-order chi connectivity index (χ0) is 22.2. The minimum atomic E-state index is -0.521. The largest absolute Gasteiger partial charge is 0.493 e. The maximum atomic E-state index is 12.6. The molecule has 0 saturated heterocycles. The molecular weight excluding hydrogens is 435 g/mol. The molecule has 3 rings (SSSR count). The molecule has 0 aliphatic carbocycles. The average molecular weight is 453 g/mol. The minimum Gasteiger partial charge on any atom is -0.493 e. The molecule has 0 radical (unpaired) electrons. The topological polar surface area (TPSA) is 71.3 Å². The van der Waals surface area contributed by atoms with Crippen molar-refractivity contribution in [2.24, 2.45) is 0 Å². The van der Waals surface area contributed by atoms with Crippen molar-refractivity contribution in [1.29, 1.82) is 5.26 Å². The van der Waals surface area contributed by atoms with E-state index in [0.717, 1.165) is 5.56 Å². The summed E-state index contributed by atoms with van der Waals surface area (Å²) in [6.07, 6.45) is 1.46. The number of hydrogen-bond acceptors (Lipinski definition) is 4. The van der Waals surface area contributed by atoms with E-state index in [4.69, 9.17) is 32.7 Å². The molecule has 0 aliphatic heterocycles. The summed E-state index contributed by atoms with van der Waals surface area (Å²) in [4.78, 5) is 12.6. The molecule has 0 unspecified atom stereocenters. The number of anilines is 1. The standard InChI is InChI=1S/C24H18Cl2N2O3/c1-30-22-9-5-6-17(23(22)31-15-16-10-11-20(25)21(26)12-16)13-18(14-27)24(29)28-19-7-3-2-4-8-19/h2-13H,15H2,1H3,(H,28,29)/b18-13+. The number of methoxy groups -OCH3 is 1. The van der Waals surface area contributed by atoms with Gasteiger partial charge in [0.1, 0.15) is 18.2 Å². The fraction of sp³-hybridized carbons (Fsp3) is 0.0833. The van der Waals surface area contributed by atoms with Gasteiger partial charge in [-0.1, -0.05) is 59.6 Å². The van der Waals surface area contributed by atoms with Crippen LogP contribution < -0.4 is 14.8 Å². The molecular formula is C24H18Cl2N2O3. The number of halogens is 2. The van der Waals surface area contributed by atoms with Crippen LogP contribution in [-0.4, -0.2) is 13.0 Å². The Morgan fingerprint density at radius 2 is 1.84 bits per heavy atom. The molecule has 5 nitrogen and oxygen atoms in total. The zero-order valence-electron chi connectivity index (χ0n) is 16.6. The van der Waals surface area contributed by atoms with E-state index >= 15 is 0 Å². The highest BCUT2D eigenvalue weighted by atomic mass is 35.5. The smallest absolute Gasteiger partial charge is 0.266 e. The Kier molecular flexibility index (Phi) is 7.55. The third-order valence-corrected chi connectivity index (χ3v) is 5.03. The highest BCUT2D eigenvalue weighted by Crippen LogP contribution is 2.34. The van der Waals surface area contributed by atoms with E-state index < -0.39 is 5.91 Å². The third-order valence-electron chi connectivity index (χ3n) is 4.29. The molecule has 0 fully saturated rings. The summed E-state index contributed by atoms with van der Waals surface area (Å²) < 4.78 is 11.4. The second-order valence-corrected chi connectivity index (χ2v) is 7.22. The number of ether oxygens (including phenoxy) is 2. The lowest BCUT2D eigenvalue weighted by Gasteiger charge is -2.14. The van der Waals surface area contributed by atoms with E-state index in [0.29, 0.717) is 32.8 Å². The van der Waals surface area contributed by atoms with E-state index in [1.54, 1.807) is 60.7 Å². The normalized spacial score (nSPS) is 10.8. The number of nitrogens with one attached hydrogen (secondary N) is 1. The molecule has 1 N–H and O–H groups in total. The van der Waals surface area contributed by atoms with Gasteiger partial charge in [-0.3, -0.25) is 4.79 Å². The van der Waals surface area contributed by atoms with Crippen LogP contribution in [0.3, 0.4) is 0 Å². The second-order valence-electron chi connectivity index (χ2n) is 6.41. The predicted molar refractivity (Wildman–Crippen MR) is 122 cm³/mol. The lowest BCUT2D eigenvalue weighted by molar-refractivity contribution is -0.112. The van der Waals surface area contributed by atoms with Gasteiger partial charge in [0.05, 0.1) is 17.2 Å². The molecule has 0 bridgehead atoms. The third kappa shape index (κ3) is 5.79. The molecule has 0 atom stereocenters. The molecule has 0 spiro atoms.